The van der Waals surface area contributed by atoms with Crippen LogP contribution in [0.15, 0.2) is 58.7 Å². The van der Waals surface area contributed by atoms with Crippen molar-refractivity contribution in [1.29, 1.82) is 0 Å². The SMILES string of the molecule is O=S(=O)(NCCc1cn(S(=O)(=O)c2ccc(F)cc2C(F)(F)F)cn1)c1ccc(F)cc1C(F)(F)F. The zero-order chi connectivity index (χ0) is 27.1. The molecule has 36 heavy (non-hydrogen) atoms. The third kappa shape index (κ3) is 5.84. The van der Waals surface area contributed by atoms with Crippen molar-refractivity contribution in [2.75, 3.05) is 6.54 Å². The lowest BCUT2D eigenvalue weighted by Gasteiger charge is -2.14. The van der Waals surface area contributed by atoms with Gasteiger partial charge in [0.05, 0.1) is 21.7 Å². The molecule has 3 aromatic rings. The number of hydrogen-bond acceptors (Lipinski definition) is 5. The van der Waals surface area contributed by atoms with Gasteiger partial charge in [-0.3, -0.25) is 0 Å². The van der Waals surface area contributed by atoms with Gasteiger partial charge in [-0.15, -0.1) is 0 Å². The first-order valence-electron chi connectivity index (χ1n) is 9.44. The van der Waals surface area contributed by atoms with Gasteiger partial charge in [-0.05, 0) is 36.4 Å². The van der Waals surface area contributed by atoms with E-state index in [-0.39, 0.29) is 24.2 Å². The summed E-state index contributed by atoms with van der Waals surface area (Å²) in [6.45, 7) is -0.599. The van der Waals surface area contributed by atoms with Gasteiger partial charge in [0.25, 0.3) is 10.0 Å². The Bertz CT molecular complexity index is 1500. The van der Waals surface area contributed by atoms with Gasteiger partial charge in [-0.2, -0.15) is 26.3 Å². The Balaban J connectivity index is 1.80. The Labute approximate surface area is 198 Å². The van der Waals surface area contributed by atoms with Gasteiger partial charge < -0.3 is 0 Å². The molecule has 0 aliphatic carbocycles. The topological polar surface area (TPSA) is 98.1 Å². The normalized spacial score (nSPS) is 13.2. The third-order valence-electron chi connectivity index (χ3n) is 4.63. The van der Waals surface area contributed by atoms with E-state index in [0.717, 1.165) is 6.20 Å². The molecule has 1 N–H and O–H groups in total. The van der Waals surface area contributed by atoms with Crippen LogP contribution in [0.1, 0.15) is 16.8 Å². The molecule has 2 aromatic carbocycles. The van der Waals surface area contributed by atoms with Gasteiger partial charge >= 0.3 is 12.4 Å². The van der Waals surface area contributed by atoms with Gasteiger partial charge in [0.15, 0.2) is 0 Å². The van der Waals surface area contributed by atoms with Crippen LogP contribution < -0.4 is 4.72 Å². The summed E-state index contributed by atoms with van der Waals surface area (Å²) in [6.07, 6.45) is -9.41. The van der Waals surface area contributed by atoms with Crippen molar-refractivity contribution in [2.45, 2.75) is 28.6 Å². The lowest BCUT2D eigenvalue weighted by molar-refractivity contribution is -0.140. The first kappa shape index (κ1) is 27.5. The van der Waals surface area contributed by atoms with Crippen LogP contribution in [0, 0.1) is 11.6 Å². The smallest absolute Gasteiger partial charge is 0.241 e. The van der Waals surface area contributed by atoms with Gasteiger partial charge in [0, 0.05) is 19.2 Å². The van der Waals surface area contributed by atoms with Gasteiger partial charge in [-0.1, -0.05) is 0 Å². The number of rotatable bonds is 7. The number of nitrogens with zero attached hydrogens (tertiary/aromatic N) is 2. The van der Waals surface area contributed by atoms with E-state index in [1.807, 2.05) is 4.72 Å². The molecule has 0 radical (unpaired) electrons. The highest BCUT2D eigenvalue weighted by atomic mass is 32.2. The number of sulfonamides is 1. The highest BCUT2D eigenvalue weighted by Crippen LogP contribution is 2.36. The van der Waals surface area contributed by atoms with Crippen molar-refractivity contribution in [3.8, 4) is 0 Å². The summed E-state index contributed by atoms with van der Waals surface area (Å²) in [4.78, 5) is 1.13. The summed E-state index contributed by atoms with van der Waals surface area (Å²) in [5.41, 5.74) is -3.66. The molecule has 0 atom stereocenters. The maximum Gasteiger partial charge on any atom is 0.417 e. The van der Waals surface area contributed by atoms with Crippen LogP contribution in [0.3, 0.4) is 0 Å². The standard InChI is InChI=1S/C19H13F8N3O4S2/c20-11-1-3-16(14(7-11)18(22,23)24)35(31,32)29-6-5-13-9-30(10-28-13)36(33,34)17-4-2-12(21)8-15(17)19(25,26)27/h1-4,7-10,29H,5-6H2. The number of hydrogen-bond donors (Lipinski definition) is 1. The molecule has 0 saturated carbocycles. The van der Waals surface area contributed by atoms with E-state index in [2.05, 4.69) is 4.98 Å². The number of benzene rings is 2. The molecule has 1 aromatic heterocycles. The number of aromatic nitrogens is 2. The van der Waals surface area contributed by atoms with E-state index in [1.165, 1.54) is 0 Å². The molecular weight excluding hydrogens is 550 g/mol. The number of alkyl halides is 6. The third-order valence-corrected chi connectivity index (χ3v) is 7.81. The van der Waals surface area contributed by atoms with E-state index >= 15 is 0 Å². The minimum atomic E-state index is -5.21. The Kier molecular flexibility index (Phi) is 7.22. The van der Waals surface area contributed by atoms with Crippen molar-refractivity contribution in [1.82, 2.24) is 13.7 Å². The Morgan fingerprint density at radius 3 is 1.83 bits per heavy atom. The van der Waals surface area contributed by atoms with E-state index in [4.69, 9.17) is 0 Å². The van der Waals surface area contributed by atoms with Crippen molar-refractivity contribution in [3.05, 3.63) is 77.4 Å². The van der Waals surface area contributed by atoms with Crippen LogP contribution >= 0.6 is 0 Å². The minimum absolute atomic E-state index is 0.00413. The number of nitrogens with one attached hydrogen (secondary N) is 1. The maximum atomic E-state index is 13.3. The van der Waals surface area contributed by atoms with E-state index in [1.54, 1.807) is 0 Å². The molecule has 1 heterocycles. The zero-order valence-electron chi connectivity index (χ0n) is 17.4. The summed E-state index contributed by atoms with van der Waals surface area (Å²) in [6, 6.07) is 1.88. The van der Waals surface area contributed by atoms with Crippen LogP contribution in [0.5, 0.6) is 0 Å². The molecule has 0 amide bonds. The maximum absolute atomic E-state index is 13.3. The fourth-order valence-electron chi connectivity index (χ4n) is 3.02. The van der Waals surface area contributed by atoms with Crippen molar-refractivity contribution in [2.24, 2.45) is 0 Å². The second-order valence-corrected chi connectivity index (χ2v) is 10.7. The number of imidazole rings is 1. The summed E-state index contributed by atoms with van der Waals surface area (Å²) in [5.74, 6) is -2.64. The summed E-state index contributed by atoms with van der Waals surface area (Å²) < 4.78 is 158. The first-order chi connectivity index (χ1) is 16.4. The van der Waals surface area contributed by atoms with Gasteiger partial charge in [-0.25, -0.2) is 39.3 Å². The van der Waals surface area contributed by atoms with Crippen LogP contribution in [0.2, 0.25) is 0 Å². The van der Waals surface area contributed by atoms with Crippen LogP contribution in [-0.4, -0.2) is 32.3 Å². The molecule has 0 aliphatic rings. The molecule has 3 rings (SSSR count). The number of halogens is 8. The van der Waals surface area contributed by atoms with Gasteiger partial charge in [0.2, 0.25) is 10.0 Å². The minimum Gasteiger partial charge on any atom is -0.241 e. The van der Waals surface area contributed by atoms with E-state index in [0.29, 0.717) is 34.6 Å². The van der Waals surface area contributed by atoms with Crippen LogP contribution in [0.25, 0.3) is 0 Å². The molecular formula is C19H13F8N3O4S2. The summed E-state index contributed by atoms with van der Waals surface area (Å²) in [7, 11) is -9.70. The predicted octanol–water partition coefficient (Wildman–Crippen LogP) is 3.96. The molecule has 0 saturated heterocycles. The molecule has 17 heteroatoms. The lowest BCUT2D eigenvalue weighted by Crippen LogP contribution is -2.28. The zero-order valence-corrected chi connectivity index (χ0v) is 19.0. The fraction of sp³-hybridized carbons (Fsp3) is 0.211. The highest BCUT2D eigenvalue weighted by Gasteiger charge is 2.39. The molecule has 0 aliphatic heterocycles. The Morgan fingerprint density at radius 1 is 0.806 bits per heavy atom. The lowest BCUT2D eigenvalue weighted by atomic mass is 10.2. The van der Waals surface area contributed by atoms with Crippen molar-refractivity contribution in [3.63, 3.8) is 0 Å². The second kappa shape index (κ2) is 9.44. The second-order valence-electron chi connectivity index (χ2n) is 7.12. The average Bonchev–Trinajstić information content (AvgIpc) is 3.22. The van der Waals surface area contributed by atoms with Crippen molar-refractivity contribution >= 4 is 20.0 Å². The Hall–Kier alpha value is -3.05. The summed E-state index contributed by atoms with van der Waals surface area (Å²) >= 11 is 0. The molecule has 196 valence electrons. The van der Waals surface area contributed by atoms with Crippen LogP contribution in [0.4, 0.5) is 35.1 Å². The van der Waals surface area contributed by atoms with E-state index in [9.17, 15) is 52.0 Å². The molecule has 0 spiro atoms. The van der Waals surface area contributed by atoms with Gasteiger partial charge in [0.1, 0.15) is 22.9 Å². The molecule has 0 bridgehead atoms. The fourth-order valence-corrected chi connectivity index (χ4v) is 5.61. The first-order valence-corrected chi connectivity index (χ1v) is 12.4. The monoisotopic (exact) mass is 563 g/mol. The highest BCUT2D eigenvalue weighted by molar-refractivity contribution is 7.90. The Morgan fingerprint density at radius 2 is 1.31 bits per heavy atom. The summed E-state index contributed by atoms with van der Waals surface area (Å²) in [5, 5.41) is 0. The molecule has 0 unspecified atom stereocenters. The van der Waals surface area contributed by atoms with Crippen LogP contribution in [-0.2, 0) is 38.8 Å². The average molecular weight is 563 g/mol. The quantitative estimate of drug-likeness (QED) is 0.439. The van der Waals surface area contributed by atoms with Crippen molar-refractivity contribution < 1.29 is 52.0 Å². The largest absolute Gasteiger partial charge is 0.417 e. The predicted molar refractivity (Wildman–Crippen MR) is 107 cm³/mol. The molecule has 7 nitrogen and oxygen atoms in total. The van der Waals surface area contributed by atoms with E-state index < -0.39 is 71.5 Å². The molecule has 0 fully saturated rings.